The molecule has 3 N–H and O–H groups in total. The van der Waals surface area contributed by atoms with Crippen molar-refractivity contribution in [3.05, 3.63) is 76.8 Å². The maximum absolute atomic E-state index is 13.3. The third-order valence-electron chi connectivity index (χ3n) is 6.34. The molecule has 1 fully saturated rings. The first kappa shape index (κ1) is 27.3. The molecule has 0 radical (unpaired) electrons. The van der Waals surface area contributed by atoms with Crippen molar-refractivity contribution in [3.63, 3.8) is 0 Å². The largest absolute Gasteiger partial charge is 0.495 e. The van der Waals surface area contributed by atoms with Crippen molar-refractivity contribution in [2.75, 3.05) is 60.3 Å². The van der Waals surface area contributed by atoms with Crippen molar-refractivity contribution in [3.8, 4) is 5.75 Å². The average molecular weight is 581 g/mol. The van der Waals surface area contributed by atoms with Crippen LogP contribution in [0.1, 0.15) is 24.2 Å². The quantitative estimate of drug-likeness (QED) is 0.313. The van der Waals surface area contributed by atoms with Crippen molar-refractivity contribution in [2.45, 2.75) is 13.8 Å². The van der Waals surface area contributed by atoms with Crippen LogP contribution in [0.2, 0.25) is 0 Å². The fourth-order valence-corrected chi connectivity index (χ4v) is 4.77. The zero-order valence-corrected chi connectivity index (χ0v) is 23.5. The monoisotopic (exact) mass is 579 g/mol. The second-order valence-electron chi connectivity index (χ2n) is 9.54. The van der Waals surface area contributed by atoms with Crippen LogP contribution in [0.15, 0.2) is 71.2 Å². The molecule has 38 heavy (non-hydrogen) atoms. The molecule has 0 unspecified atom stereocenters. The molecule has 3 aromatic rings. The molecular formula is C29H34BrN5O3. The summed E-state index contributed by atoms with van der Waals surface area (Å²) in [4.78, 5) is 30.5. The molecule has 1 aliphatic heterocycles. The van der Waals surface area contributed by atoms with Gasteiger partial charge in [-0.1, -0.05) is 38.1 Å². The van der Waals surface area contributed by atoms with Crippen LogP contribution in [0.3, 0.4) is 0 Å². The molecule has 0 aromatic heterocycles. The number of nitrogens with one attached hydrogen (secondary N) is 3. The van der Waals surface area contributed by atoms with Gasteiger partial charge in [-0.25, -0.2) is 4.79 Å². The summed E-state index contributed by atoms with van der Waals surface area (Å²) >= 11 is 3.44. The average Bonchev–Trinajstić information content (AvgIpc) is 2.93. The van der Waals surface area contributed by atoms with E-state index in [1.54, 1.807) is 13.2 Å². The lowest BCUT2D eigenvalue weighted by Crippen LogP contribution is -2.47. The summed E-state index contributed by atoms with van der Waals surface area (Å²) in [5.41, 5.74) is 3.66. The summed E-state index contributed by atoms with van der Waals surface area (Å²) in [5.74, 6) is 1.02. The van der Waals surface area contributed by atoms with E-state index in [1.165, 1.54) is 0 Å². The van der Waals surface area contributed by atoms with Gasteiger partial charge in [-0.15, -0.1) is 0 Å². The normalized spacial score (nSPS) is 13.3. The topological polar surface area (TPSA) is 85.9 Å². The molecule has 1 heterocycles. The number of halogens is 1. The lowest BCUT2D eigenvalue weighted by atomic mass is 10.1. The maximum atomic E-state index is 13.3. The zero-order valence-electron chi connectivity index (χ0n) is 22.0. The second-order valence-corrected chi connectivity index (χ2v) is 10.4. The first-order valence-electron chi connectivity index (χ1n) is 12.7. The fourth-order valence-electron chi connectivity index (χ4n) is 4.39. The molecule has 0 saturated carbocycles. The van der Waals surface area contributed by atoms with Gasteiger partial charge in [0.2, 0.25) is 0 Å². The van der Waals surface area contributed by atoms with E-state index in [-0.39, 0.29) is 11.9 Å². The number of piperazine rings is 1. The summed E-state index contributed by atoms with van der Waals surface area (Å²) in [5, 5.41) is 8.72. The number of methoxy groups -OCH3 is 1. The Kier molecular flexibility index (Phi) is 9.12. The molecule has 1 aliphatic rings. The first-order valence-corrected chi connectivity index (χ1v) is 13.5. The molecule has 0 bridgehead atoms. The van der Waals surface area contributed by atoms with E-state index in [1.807, 2.05) is 54.6 Å². The number of benzene rings is 3. The molecule has 0 aliphatic carbocycles. The number of hydrogen-bond donors (Lipinski definition) is 3. The van der Waals surface area contributed by atoms with E-state index in [9.17, 15) is 9.59 Å². The number of para-hydroxylation sites is 3. The van der Waals surface area contributed by atoms with Crippen molar-refractivity contribution < 1.29 is 14.3 Å². The zero-order chi connectivity index (χ0) is 27.1. The Bertz CT molecular complexity index is 1270. The van der Waals surface area contributed by atoms with Gasteiger partial charge in [0.1, 0.15) is 5.75 Å². The van der Waals surface area contributed by atoms with Gasteiger partial charge in [0.15, 0.2) is 0 Å². The predicted molar refractivity (Wildman–Crippen MR) is 158 cm³/mol. The number of amides is 3. The lowest BCUT2D eigenvalue weighted by Gasteiger charge is -2.38. The van der Waals surface area contributed by atoms with Crippen LogP contribution < -0.4 is 30.5 Å². The Morgan fingerprint density at radius 2 is 1.55 bits per heavy atom. The lowest BCUT2D eigenvalue weighted by molar-refractivity contribution is 0.0949. The Hall–Kier alpha value is -3.72. The number of anilines is 4. The SMILES string of the molecule is COc1ccccc1N1CCN(c2ccc(NC(=O)Nc3ccccc3Br)cc2C(=O)NCC(C)C)CC1. The minimum atomic E-state index is -0.386. The number of rotatable bonds is 8. The summed E-state index contributed by atoms with van der Waals surface area (Å²) in [7, 11) is 1.69. The summed E-state index contributed by atoms with van der Waals surface area (Å²) in [6, 6.07) is 20.5. The summed E-state index contributed by atoms with van der Waals surface area (Å²) in [6.45, 7) is 7.77. The molecule has 0 atom stereocenters. The molecule has 4 rings (SSSR count). The molecule has 9 heteroatoms. The van der Waals surface area contributed by atoms with Gasteiger partial charge in [0, 0.05) is 48.6 Å². The van der Waals surface area contributed by atoms with Crippen LogP contribution in [0, 0.1) is 5.92 Å². The first-order chi connectivity index (χ1) is 18.4. The number of carbonyl (C=O) groups excluding carboxylic acids is 2. The summed E-state index contributed by atoms with van der Waals surface area (Å²) < 4.78 is 6.33. The van der Waals surface area contributed by atoms with Gasteiger partial charge < -0.3 is 30.5 Å². The van der Waals surface area contributed by atoms with E-state index in [0.717, 1.165) is 47.8 Å². The van der Waals surface area contributed by atoms with Gasteiger partial charge in [-0.3, -0.25) is 4.79 Å². The fraction of sp³-hybridized carbons (Fsp3) is 0.310. The minimum Gasteiger partial charge on any atom is -0.495 e. The third-order valence-corrected chi connectivity index (χ3v) is 7.03. The number of nitrogens with zero attached hydrogens (tertiary/aromatic N) is 2. The van der Waals surface area contributed by atoms with E-state index < -0.39 is 0 Å². The van der Waals surface area contributed by atoms with Gasteiger partial charge in [0.25, 0.3) is 5.91 Å². The van der Waals surface area contributed by atoms with E-state index in [2.05, 4.69) is 61.6 Å². The highest BCUT2D eigenvalue weighted by Crippen LogP contribution is 2.31. The minimum absolute atomic E-state index is 0.157. The maximum Gasteiger partial charge on any atom is 0.323 e. The molecular weight excluding hydrogens is 546 g/mol. The highest BCUT2D eigenvalue weighted by Gasteiger charge is 2.24. The van der Waals surface area contributed by atoms with Crippen LogP contribution in [0.5, 0.6) is 5.75 Å². The van der Waals surface area contributed by atoms with E-state index in [0.29, 0.717) is 29.4 Å². The van der Waals surface area contributed by atoms with Gasteiger partial charge in [-0.2, -0.15) is 0 Å². The molecule has 1 saturated heterocycles. The van der Waals surface area contributed by atoms with Crippen molar-refractivity contribution >= 4 is 50.6 Å². The van der Waals surface area contributed by atoms with Crippen molar-refractivity contribution in [2.24, 2.45) is 5.92 Å². The van der Waals surface area contributed by atoms with Crippen LogP contribution >= 0.6 is 15.9 Å². The predicted octanol–water partition coefficient (Wildman–Crippen LogP) is 5.81. The Morgan fingerprint density at radius 1 is 0.895 bits per heavy atom. The van der Waals surface area contributed by atoms with Crippen LogP contribution in [0.4, 0.5) is 27.5 Å². The Labute approximate surface area is 232 Å². The van der Waals surface area contributed by atoms with Crippen molar-refractivity contribution in [1.29, 1.82) is 0 Å². The van der Waals surface area contributed by atoms with Gasteiger partial charge >= 0.3 is 6.03 Å². The smallest absolute Gasteiger partial charge is 0.323 e. The van der Waals surface area contributed by atoms with Crippen molar-refractivity contribution in [1.82, 2.24) is 5.32 Å². The van der Waals surface area contributed by atoms with Crippen LogP contribution in [-0.4, -0.2) is 51.8 Å². The Balaban J connectivity index is 1.51. The second kappa shape index (κ2) is 12.7. The highest BCUT2D eigenvalue weighted by molar-refractivity contribution is 9.10. The number of hydrogen-bond acceptors (Lipinski definition) is 5. The standard InChI is InChI=1S/C29H34BrN5O3/c1-20(2)19-31-28(36)22-18-21(32-29(37)33-24-9-5-4-8-23(24)30)12-13-25(22)34-14-16-35(17-15-34)26-10-6-7-11-27(26)38-3/h4-13,18,20H,14-17,19H2,1-3H3,(H,31,36)(H2,32,33,37). The summed E-state index contributed by atoms with van der Waals surface area (Å²) in [6.07, 6.45) is 0. The molecule has 0 spiro atoms. The number of urea groups is 1. The Morgan fingerprint density at radius 3 is 2.24 bits per heavy atom. The van der Waals surface area contributed by atoms with Gasteiger partial charge in [-0.05, 0) is 64.3 Å². The van der Waals surface area contributed by atoms with E-state index >= 15 is 0 Å². The number of carbonyl (C=O) groups is 2. The van der Waals surface area contributed by atoms with Gasteiger partial charge in [0.05, 0.1) is 24.0 Å². The highest BCUT2D eigenvalue weighted by atomic mass is 79.9. The van der Waals surface area contributed by atoms with Crippen LogP contribution in [-0.2, 0) is 0 Å². The van der Waals surface area contributed by atoms with Crippen LogP contribution in [0.25, 0.3) is 0 Å². The molecule has 3 aromatic carbocycles. The molecule has 200 valence electrons. The molecule has 8 nitrogen and oxygen atoms in total. The third kappa shape index (κ3) is 6.77. The molecule has 3 amide bonds. The number of ether oxygens (including phenoxy) is 1. The van der Waals surface area contributed by atoms with E-state index in [4.69, 9.17) is 4.74 Å².